The molecule has 0 aliphatic heterocycles. The van der Waals surface area contributed by atoms with E-state index in [4.69, 9.17) is 4.98 Å². The van der Waals surface area contributed by atoms with E-state index >= 15 is 0 Å². The van der Waals surface area contributed by atoms with Crippen molar-refractivity contribution in [2.45, 2.75) is 20.8 Å². The van der Waals surface area contributed by atoms with Gasteiger partial charge >= 0.3 is 0 Å². The van der Waals surface area contributed by atoms with Crippen LogP contribution in [0, 0.1) is 26.8 Å². The van der Waals surface area contributed by atoms with Gasteiger partial charge in [0.1, 0.15) is 0 Å². The van der Waals surface area contributed by atoms with Gasteiger partial charge in [0.15, 0.2) is 0 Å². The summed E-state index contributed by atoms with van der Waals surface area (Å²) in [5.74, 6) is 0. The first kappa shape index (κ1) is 29.5. The van der Waals surface area contributed by atoms with Gasteiger partial charge in [-0.2, -0.15) is 0 Å². The van der Waals surface area contributed by atoms with Gasteiger partial charge in [-0.3, -0.25) is 0 Å². The Balaban J connectivity index is 0.00000343. The van der Waals surface area contributed by atoms with Crippen LogP contribution in [0.15, 0.2) is 140 Å². The number of pyridine rings is 1. The maximum Gasteiger partial charge on any atom is 0.0167 e. The Morgan fingerprint density at radius 3 is 1.66 bits per heavy atom. The molecule has 1 nitrogen and oxygen atoms in total. The summed E-state index contributed by atoms with van der Waals surface area (Å²) < 4.78 is 0. The average Bonchev–Trinajstić information content (AvgIpc) is 3.06. The Hall–Kier alpha value is -4.62. The first-order valence-corrected chi connectivity index (χ1v) is 14.8. The third kappa shape index (κ3) is 5.33. The molecule has 0 amide bonds. The number of nitrogens with zero attached hydrogens (tertiary/aromatic N) is 1. The Labute approximate surface area is 273 Å². The summed E-state index contributed by atoms with van der Waals surface area (Å²) in [6.07, 6.45) is 1.89. The molecule has 1 aromatic heterocycles. The molecule has 44 heavy (non-hydrogen) atoms. The molecule has 0 aliphatic rings. The van der Waals surface area contributed by atoms with Crippen LogP contribution >= 0.6 is 0 Å². The molecule has 0 fully saturated rings. The van der Waals surface area contributed by atoms with Crippen LogP contribution in [0.1, 0.15) is 16.7 Å². The topological polar surface area (TPSA) is 12.9 Å². The molecule has 0 saturated heterocycles. The van der Waals surface area contributed by atoms with Crippen LogP contribution in [-0.4, -0.2) is 4.98 Å². The summed E-state index contributed by atoms with van der Waals surface area (Å²) in [6.45, 7) is 6.83. The fourth-order valence-corrected chi connectivity index (χ4v) is 6.70. The van der Waals surface area contributed by atoms with Crippen molar-refractivity contribution in [2.24, 2.45) is 0 Å². The van der Waals surface area contributed by atoms with Crippen molar-refractivity contribution < 1.29 is 20.1 Å². The summed E-state index contributed by atoms with van der Waals surface area (Å²) in [5, 5.41) is 2.32. The predicted molar refractivity (Wildman–Crippen MR) is 182 cm³/mol. The van der Waals surface area contributed by atoms with E-state index in [9.17, 15) is 0 Å². The molecule has 0 bridgehead atoms. The molecule has 6 aromatic carbocycles. The van der Waals surface area contributed by atoms with E-state index in [0.29, 0.717) is 0 Å². The quantitative estimate of drug-likeness (QED) is 0.160. The second-order valence-electron chi connectivity index (χ2n) is 11.2. The molecule has 1 radical (unpaired) electrons. The molecule has 0 spiro atoms. The van der Waals surface area contributed by atoms with Crippen molar-refractivity contribution in [3.05, 3.63) is 162 Å². The molecule has 0 atom stereocenters. The van der Waals surface area contributed by atoms with Crippen LogP contribution < -0.4 is 0 Å². The van der Waals surface area contributed by atoms with Crippen LogP contribution in [0.4, 0.5) is 0 Å². The van der Waals surface area contributed by atoms with E-state index in [2.05, 4.69) is 154 Å². The number of rotatable bonds is 5. The molecule has 215 valence electrons. The fraction of sp³-hybridized carbons (Fsp3) is 0.0714. The summed E-state index contributed by atoms with van der Waals surface area (Å²) >= 11 is 0. The summed E-state index contributed by atoms with van der Waals surface area (Å²) in [7, 11) is 0. The van der Waals surface area contributed by atoms with E-state index in [-0.39, 0.29) is 20.1 Å². The first-order valence-electron chi connectivity index (χ1n) is 14.8. The van der Waals surface area contributed by atoms with Crippen LogP contribution in [0.3, 0.4) is 0 Å². The van der Waals surface area contributed by atoms with Crippen LogP contribution in [0.5, 0.6) is 0 Å². The van der Waals surface area contributed by atoms with Gasteiger partial charge in [0.2, 0.25) is 0 Å². The zero-order valence-corrected chi connectivity index (χ0v) is 27.5. The molecular weight excluding hydrogens is 711 g/mol. The van der Waals surface area contributed by atoms with Gasteiger partial charge in [-0.15, -0.1) is 35.4 Å². The molecule has 0 unspecified atom stereocenters. The van der Waals surface area contributed by atoms with Crippen molar-refractivity contribution in [3.63, 3.8) is 0 Å². The van der Waals surface area contributed by atoms with Gasteiger partial charge in [0.05, 0.1) is 0 Å². The molecule has 1 heterocycles. The molecule has 7 aromatic rings. The molecule has 2 heteroatoms. The van der Waals surface area contributed by atoms with E-state index < -0.39 is 0 Å². The van der Waals surface area contributed by atoms with Crippen molar-refractivity contribution in [1.29, 1.82) is 0 Å². The number of benzene rings is 6. The minimum atomic E-state index is 0. The Kier molecular flexibility index (Phi) is 8.40. The van der Waals surface area contributed by atoms with Crippen LogP contribution in [-0.2, 0) is 20.1 Å². The number of hydrogen-bond acceptors (Lipinski definition) is 1. The zero-order chi connectivity index (χ0) is 29.3. The second kappa shape index (κ2) is 12.5. The minimum Gasteiger partial charge on any atom is -0.304 e. The third-order valence-corrected chi connectivity index (χ3v) is 8.59. The van der Waals surface area contributed by atoms with Crippen molar-refractivity contribution in [3.8, 4) is 55.8 Å². The number of aromatic nitrogens is 1. The second-order valence-corrected chi connectivity index (χ2v) is 11.2. The largest absolute Gasteiger partial charge is 0.304 e. The van der Waals surface area contributed by atoms with Gasteiger partial charge in [0.25, 0.3) is 0 Å². The molecule has 0 N–H and O–H groups in total. The summed E-state index contributed by atoms with van der Waals surface area (Å²) in [6, 6.07) is 50.9. The van der Waals surface area contributed by atoms with Crippen molar-refractivity contribution in [1.82, 2.24) is 4.98 Å². The normalized spacial score (nSPS) is 10.9. The number of hydrogen-bond donors (Lipinski definition) is 0. The summed E-state index contributed by atoms with van der Waals surface area (Å²) in [4.78, 5) is 4.75. The standard InChI is InChI=1S/C42H32N.Ir/c1-28-39(32-15-6-4-7-16-32)29(2)41(30(3)40(28)33-17-8-5-9-18-33)36-21-12-19-34(26-36)35-20-13-22-37(27-35)42-38-23-11-10-14-31(38)24-25-43-42;/h4-21,23-27H,1-3H3;/q-1;. The van der Waals surface area contributed by atoms with Crippen molar-refractivity contribution in [2.75, 3.05) is 0 Å². The first-order chi connectivity index (χ1) is 21.1. The molecule has 0 aliphatic carbocycles. The SMILES string of the molecule is Cc1c(-c2ccccc2)c(C)c(-c2cccc(-c3cc[c-]c(-c4nccc5ccccc45)c3)c2)c(C)c1-c1ccccc1.[Ir]. The molecule has 0 saturated carbocycles. The van der Waals surface area contributed by atoms with Crippen LogP contribution in [0.2, 0.25) is 0 Å². The van der Waals surface area contributed by atoms with Gasteiger partial charge in [-0.05, 0) is 105 Å². The average molecular weight is 743 g/mol. The Morgan fingerprint density at radius 2 is 1.00 bits per heavy atom. The molecule has 7 rings (SSSR count). The fourth-order valence-electron chi connectivity index (χ4n) is 6.70. The number of fused-ring (bicyclic) bond motifs is 1. The summed E-state index contributed by atoms with van der Waals surface area (Å²) in [5.41, 5.74) is 15.8. The van der Waals surface area contributed by atoms with Crippen LogP contribution in [0.25, 0.3) is 66.5 Å². The molecular formula is C42H32IrN-. The predicted octanol–water partition coefficient (Wildman–Crippen LogP) is 11.3. The van der Waals surface area contributed by atoms with E-state index in [1.165, 1.54) is 61.0 Å². The maximum atomic E-state index is 4.75. The monoisotopic (exact) mass is 743 g/mol. The van der Waals surface area contributed by atoms with E-state index in [1.54, 1.807) is 0 Å². The third-order valence-electron chi connectivity index (χ3n) is 8.59. The van der Waals surface area contributed by atoms with Gasteiger partial charge in [-0.1, -0.05) is 103 Å². The van der Waals surface area contributed by atoms with Gasteiger partial charge in [-0.25, -0.2) is 0 Å². The minimum absolute atomic E-state index is 0. The van der Waals surface area contributed by atoms with Crippen molar-refractivity contribution >= 4 is 10.8 Å². The van der Waals surface area contributed by atoms with Gasteiger partial charge < -0.3 is 4.98 Å². The van der Waals surface area contributed by atoms with E-state index in [1.807, 2.05) is 12.3 Å². The Morgan fingerprint density at radius 1 is 0.477 bits per heavy atom. The zero-order valence-electron chi connectivity index (χ0n) is 25.1. The van der Waals surface area contributed by atoms with Gasteiger partial charge in [0, 0.05) is 26.3 Å². The Bertz CT molecular complexity index is 2020. The van der Waals surface area contributed by atoms with E-state index in [0.717, 1.165) is 22.2 Å². The maximum absolute atomic E-state index is 4.75. The smallest absolute Gasteiger partial charge is 0.0167 e.